The Morgan fingerprint density at radius 1 is 1.10 bits per heavy atom. The van der Waals surface area contributed by atoms with E-state index in [1.807, 2.05) is 0 Å². The minimum Gasteiger partial charge on any atom is -0.313 e. The molecular weight excluding hydrogens is 244 g/mol. The highest BCUT2D eigenvalue weighted by molar-refractivity contribution is 5.11. The van der Waals surface area contributed by atoms with Gasteiger partial charge < -0.3 is 10.2 Å². The van der Waals surface area contributed by atoms with E-state index in [9.17, 15) is 0 Å². The lowest BCUT2D eigenvalue weighted by Gasteiger charge is -2.43. The van der Waals surface area contributed by atoms with E-state index < -0.39 is 0 Å². The fraction of sp³-hybridized carbons (Fsp3) is 1.00. The van der Waals surface area contributed by atoms with Crippen molar-refractivity contribution in [3.05, 3.63) is 0 Å². The molecule has 0 aromatic rings. The van der Waals surface area contributed by atoms with Crippen LogP contribution in [-0.2, 0) is 0 Å². The quantitative estimate of drug-likeness (QED) is 0.772. The molecule has 1 saturated heterocycles. The Morgan fingerprint density at radius 3 is 2.50 bits per heavy atom. The summed E-state index contributed by atoms with van der Waals surface area (Å²) >= 11 is 0. The molecule has 3 fully saturated rings. The molecule has 2 aliphatic carbocycles. The summed E-state index contributed by atoms with van der Waals surface area (Å²) < 4.78 is 0. The predicted molar refractivity (Wildman–Crippen MR) is 85.9 cm³/mol. The number of nitrogens with zero attached hydrogens (tertiary/aromatic N) is 1. The van der Waals surface area contributed by atoms with Gasteiger partial charge in [-0.05, 0) is 81.5 Å². The van der Waals surface area contributed by atoms with E-state index in [1.165, 1.54) is 71.1 Å². The molecule has 3 atom stereocenters. The molecule has 1 N–H and O–H groups in total. The van der Waals surface area contributed by atoms with Crippen molar-refractivity contribution in [2.45, 2.75) is 71.8 Å². The Morgan fingerprint density at radius 2 is 1.85 bits per heavy atom. The van der Waals surface area contributed by atoms with Crippen molar-refractivity contribution in [3.8, 4) is 0 Å². The van der Waals surface area contributed by atoms with Crippen LogP contribution in [0, 0.1) is 16.7 Å². The number of nitrogens with one attached hydrogen (secondary N) is 1. The summed E-state index contributed by atoms with van der Waals surface area (Å²) in [6, 6.07) is 0.745. The second-order valence-electron chi connectivity index (χ2n) is 8.56. The van der Waals surface area contributed by atoms with Crippen LogP contribution in [0.5, 0.6) is 0 Å². The van der Waals surface area contributed by atoms with E-state index in [0.717, 1.165) is 12.0 Å². The second kappa shape index (κ2) is 5.61. The monoisotopic (exact) mass is 278 g/mol. The van der Waals surface area contributed by atoms with E-state index in [0.29, 0.717) is 10.8 Å². The molecule has 2 saturated carbocycles. The molecule has 2 nitrogen and oxygen atoms in total. The maximum atomic E-state index is 3.96. The molecule has 3 aliphatic rings. The van der Waals surface area contributed by atoms with Gasteiger partial charge in [0.1, 0.15) is 0 Å². The minimum atomic E-state index is 0.512. The van der Waals surface area contributed by atoms with E-state index in [2.05, 4.69) is 31.0 Å². The van der Waals surface area contributed by atoms with Gasteiger partial charge in [-0.15, -0.1) is 0 Å². The highest BCUT2D eigenvalue weighted by Crippen LogP contribution is 2.62. The molecule has 0 spiro atoms. The van der Waals surface area contributed by atoms with Gasteiger partial charge in [0.15, 0.2) is 0 Å². The van der Waals surface area contributed by atoms with Crippen LogP contribution in [0.3, 0.4) is 0 Å². The standard InChI is InChI=1S/C18H34N2/c1-17(2)15-8-9-18(3,14-15)16(17)19-10-7-13-20-11-5-4-6-12-20/h15-16,19H,4-14H2,1-3H3. The van der Waals surface area contributed by atoms with Crippen LogP contribution in [0.15, 0.2) is 0 Å². The van der Waals surface area contributed by atoms with Crippen molar-refractivity contribution in [3.63, 3.8) is 0 Å². The number of rotatable bonds is 5. The fourth-order valence-corrected chi connectivity index (χ4v) is 5.54. The number of hydrogen-bond donors (Lipinski definition) is 1. The molecule has 0 amide bonds. The van der Waals surface area contributed by atoms with E-state index in [1.54, 1.807) is 0 Å². The SMILES string of the molecule is CC12CCC(C1)C(C)(C)C2NCCCN1CCCCC1. The fourth-order valence-electron chi connectivity index (χ4n) is 5.54. The lowest BCUT2D eigenvalue weighted by Crippen LogP contribution is -2.50. The number of fused-ring (bicyclic) bond motifs is 2. The second-order valence-corrected chi connectivity index (χ2v) is 8.56. The third kappa shape index (κ3) is 2.66. The predicted octanol–water partition coefficient (Wildman–Crippen LogP) is 3.67. The largest absolute Gasteiger partial charge is 0.313 e. The molecule has 20 heavy (non-hydrogen) atoms. The molecular formula is C18H34N2. The smallest absolute Gasteiger partial charge is 0.0175 e. The molecule has 1 aliphatic heterocycles. The van der Waals surface area contributed by atoms with E-state index in [-0.39, 0.29) is 0 Å². The minimum absolute atomic E-state index is 0.512. The van der Waals surface area contributed by atoms with Crippen molar-refractivity contribution < 1.29 is 0 Å². The summed E-state index contributed by atoms with van der Waals surface area (Å²) in [4.78, 5) is 2.67. The Labute approximate surface area is 125 Å². The molecule has 116 valence electrons. The Kier molecular flexibility index (Phi) is 4.16. The lowest BCUT2D eigenvalue weighted by atomic mass is 9.68. The molecule has 0 aromatic heterocycles. The molecule has 1 heterocycles. The zero-order valence-electron chi connectivity index (χ0n) is 13.9. The number of piperidine rings is 1. The van der Waals surface area contributed by atoms with Gasteiger partial charge in [-0.2, -0.15) is 0 Å². The first-order valence-electron chi connectivity index (χ1n) is 8.98. The summed E-state index contributed by atoms with van der Waals surface area (Å²) in [5, 5.41) is 3.96. The van der Waals surface area contributed by atoms with Crippen molar-refractivity contribution in [2.24, 2.45) is 16.7 Å². The van der Waals surface area contributed by atoms with E-state index >= 15 is 0 Å². The first-order chi connectivity index (χ1) is 9.52. The normalized spacial score (nSPS) is 40.4. The summed E-state index contributed by atoms with van der Waals surface area (Å²) in [7, 11) is 0. The van der Waals surface area contributed by atoms with Crippen molar-refractivity contribution in [2.75, 3.05) is 26.2 Å². The van der Waals surface area contributed by atoms with Crippen LogP contribution in [0.4, 0.5) is 0 Å². The van der Waals surface area contributed by atoms with Crippen LogP contribution in [-0.4, -0.2) is 37.1 Å². The highest BCUT2D eigenvalue weighted by atomic mass is 15.1. The Balaban J connectivity index is 1.44. The molecule has 2 heteroatoms. The third-order valence-corrected chi connectivity index (χ3v) is 6.72. The summed E-state index contributed by atoms with van der Waals surface area (Å²) in [6.45, 7) is 12.7. The van der Waals surface area contributed by atoms with Gasteiger partial charge in [0.05, 0.1) is 0 Å². The van der Waals surface area contributed by atoms with Crippen LogP contribution in [0.1, 0.15) is 65.7 Å². The summed E-state index contributed by atoms with van der Waals surface area (Å²) in [5.41, 5.74) is 1.09. The average molecular weight is 278 g/mol. The maximum Gasteiger partial charge on any atom is 0.0175 e. The molecule has 0 aromatic carbocycles. The van der Waals surface area contributed by atoms with Crippen molar-refractivity contribution in [1.82, 2.24) is 10.2 Å². The van der Waals surface area contributed by atoms with Gasteiger partial charge in [-0.1, -0.05) is 27.2 Å². The van der Waals surface area contributed by atoms with Crippen molar-refractivity contribution in [1.29, 1.82) is 0 Å². The number of likely N-dealkylation sites (tertiary alicyclic amines) is 1. The molecule has 3 unspecified atom stereocenters. The third-order valence-electron chi connectivity index (χ3n) is 6.72. The lowest BCUT2D eigenvalue weighted by molar-refractivity contribution is 0.107. The molecule has 3 rings (SSSR count). The first kappa shape index (κ1) is 14.8. The summed E-state index contributed by atoms with van der Waals surface area (Å²) in [5.74, 6) is 0.965. The highest BCUT2D eigenvalue weighted by Gasteiger charge is 2.58. The van der Waals surface area contributed by atoms with Crippen LogP contribution in [0.25, 0.3) is 0 Å². The number of hydrogen-bond acceptors (Lipinski definition) is 2. The molecule has 2 bridgehead atoms. The Bertz CT molecular complexity index is 328. The van der Waals surface area contributed by atoms with Gasteiger partial charge in [-0.25, -0.2) is 0 Å². The molecule has 0 radical (unpaired) electrons. The van der Waals surface area contributed by atoms with Crippen LogP contribution in [0.2, 0.25) is 0 Å². The first-order valence-corrected chi connectivity index (χ1v) is 8.98. The summed E-state index contributed by atoms with van der Waals surface area (Å²) in [6.07, 6.45) is 9.99. The van der Waals surface area contributed by atoms with Crippen LogP contribution >= 0.6 is 0 Å². The van der Waals surface area contributed by atoms with Crippen molar-refractivity contribution >= 4 is 0 Å². The zero-order valence-corrected chi connectivity index (χ0v) is 13.9. The maximum absolute atomic E-state index is 3.96. The Hall–Kier alpha value is -0.0800. The zero-order chi connectivity index (χ0) is 14.2. The van der Waals surface area contributed by atoms with Gasteiger partial charge in [-0.3, -0.25) is 0 Å². The van der Waals surface area contributed by atoms with Gasteiger partial charge >= 0.3 is 0 Å². The average Bonchev–Trinajstić information content (AvgIpc) is 2.90. The van der Waals surface area contributed by atoms with Gasteiger partial charge in [0.2, 0.25) is 0 Å². The van der Waals surface area contributed by atoms with E-state index in [4.69, 9.17) is 0 Å². The van der Waals surface area contributed by atoms with Crippen LogP contribution < -0.4 is 5.32 Å². The topological polar surface area (TPSA) is 15.3 Å². The van der Waals surface area contributed by atoms with Gasteiger partial charge in [0, 0.05) is 6.04 Å². The van der Waals surface area contributed by atoms with Gasteiger partial charge in [0.25, 0.3) is 0 Å².